The third-order valence-electron chi connectivity index (χ3n) is 3.44. The minimum absolute atomic E-state index is 1.21. The highest BCUT2D eigenvalue weighted by molar-refractivity contribution is 5.38. The van der Waals surface area contributed by atoms with E-state index < -0.39 is 0 Å². The number of hydrogen-bond acceptors (Lipinski definition) is 0. The maximum atomic E-state index is 2.47. The summed E-state index contributed by atoms with van der Waals surface area (Å²) in [4.78, 5) is 0. The summed E-state index contributed by atoms with van der Waals surface area (Å²) in [6, 6.07) is 0. The van der Waals surface area contributed by atoms with E-state index in [0.29, 0.717) is 0 Å². The minimum Gasteiger partial charge on any atom is -0.0727 e. The number of allylic oxidation sites excluding steroid dienone is 6. The fourth-order valence-corrected chi connectivity index (χ4v) is 2.25. The lowest BCUT2D eigenvalue weighted by atomic mass is 9.91. The van der Waals surface area contributed by atoms with Gasteiger partial charge in [-0.05, 0) is 57.1 Å². The summed E-state index contributed by atoms with van der Waals surface area (Å²) in [6.45, 7) is 9.04. The summed E-state index contributed by atoms with van der Waals surface area (Å²) >= 11 is 0. The lowest BCUT2D eigenvalue weighted by Gasteiger charge is -2.15. The molecule has 1 aliphatic rings. The molecule has 0 nitrogen and oxygen atoms in total. The highest BCUT2D eigenvalue weighted by atomic mass is 14.1. The summed E-state index contributed by atoms with van der Waals surface area (Å²) in [6.07, 6.45) is 12.4. The van der Waals surface area contributed by atoms with Crippen LogP contribution in [0.25, 0.3) is 0 Å². The van der Waals surface area contributed by atoms with Gasteiger partial charge >= 0.3 is 0 Å². The molecule has 0 saturated carbocycles. The van der Waals surface area contributed by atoms with E-state index in [2.05, 4.69) is 39.8 Å². The Balaban J connectivity index is 2.76. The Bertz CT molecular complexity index is 313. The van der Waals surface area contributed by atoms with Crippen LogP contribution in [0, 0.1) is 0 Å². The highest BCUT2D eigenvalue weighted by Gasteiger charge is 2.06. The second-order valence-corrected chi connectivity index (χ2v) is 4.96. The molecular weight excluding hydrogens is 192 g/mol. The SMILES string of the molecule is CCCC/C(=C\C1=C(C)C=C(C)CC1)CC. The monoisotopic (exact) mass is 218 g/mol. The van der Waals surface area contributed by atoms with Crippen LogP contribution < -0.4 is 0 Å². The molecule has 0 aromatic carbocycles. The van der Waals surface area contributed by atoms with Crippen LogP contribution in [0.4, 0.5) is 0 Å². The van der Waals surface area contributed by atoms with Gasteiger partial charge in [0.25, 0.3) is 0 Å². The molecule has 0 heterocycles. The van der Waals surface area contributed by atoms with Crippen molar-refractivity contribution in [3.8, 4) is 0 Å². The number of unbranched alkanes of at least 4 members (excludes halogenated alkanes) is 1. The molecule has 90 valence electrons. The van der Waals surface area contributed by atoms with Gasteiger partial charge in [0.1, 0.15) is 0 Å². The van der Waals surface area contributed by atoms with Crippen molar-refractivity contribution >= 4 is 0 Å². The number of rotatable bonds is 5. The van der Waals surface area contributed by atoms with Crippen molar-refractivity contribution in [2.45, 2.75) is 66.2 Å². The molecule has 0 spiro atoms. The van der Waals surface area contributed by atoms with E-state index in [9.17, 15) is 0 Å². The molecule has 0 aromatic heterocycles. The zero-order valence-corrected chi connectivity index (χ0v) is 11.4. The second-order valence-electron chi connectivity index (χ2n) is 4.96. The van der Waals surface area contributed by atoms with Crippen molar-refractivity contribution in [1.29, 1.82) is 0 Å². The zero-order valence-electron chi connectivity index (χ0n) is 11.4. The maximum Gasteiger partial charge on any atom is -0.0239 e. The van der Waals surface area contributed by atoms with Crippen LogP contribution in [0.3, 0.4) is 0 Å². The lowest BCUT2D eigenvalue weighted by Crippen LogP contribution is -1.95. The molecular formula is C16H26. The highest BCUT2D eigenvalue weighted by Crippen LogP contribution is 2.26. The van der Waals surface area contributed by atoms with E-state index in [4.69, 9.17) is 0 Å². The van der Waals surface area contributed by atoms with Gasteiger partial charge in [0.05, 0.1) is 0 Å². The smallest absolute Gasteiger partial charge is 0.0239 e. The van der Waals surface area contributed by atoms with Gasteiger partial charge in [-0.2, -0.15) is 0 Å². The average Bonchev–Trinajstić information content (AvgIpc) is 2.27. The van der Waals surface area contributed by atoms with Crippen molar-refractivity contribution in [1.82, 2.24) is 0 Å². The van der Waals surface area contributed by atoms with E-state index in [1.807, 2.05) is 0 Å². The van der Waals surface area contributed by atoms with Gasteiger partial charge in [0.15, 0.2) is 0 Å². The summed E-state index contributed by atoms with van der Waals surface area (Å²) in [5.74, 6) is 0. The topological polar surface area (TPSA) is 0 Å². The minimum atomic E-state index is 1.21. The van der Waals surface area contributed by atoms with Crippen LogP contribution in [0.2, 0.25) is 0 Å². The predicted octanol–water partition coefficient (Wildman–Crippen LogP) is 5.57. The third kappa shape index (κ3) is 4.00. The normalized spacial score (nSPS) is 17.8. The summed E-state index contributed by atoms with van der Waals surface area (Å²) in [5.41, 5.74) is 6.20. The molecule has 1 rings (SSSR count). The number of hydrogen-bond donors (Lipinski definition) is 0. The molecule has 0 atom stereocenters. The van der Waals surface area contributed by atoms with Crippen molar-refractivity contribution in [3.63, 3.8) is 0 Å². The molecule has 0 aromatic rings. The Morgan fingerprint density at radius 1 is 1.25 bits per heavy atom. The van der Waals surface area contributed by atoms with E-state index >= 15 is 0 Å². The molecule has 1 aliphatic carbocycles. The molecule has 0 radical (unpaired) electrons. The lowest BCUT2D eigenvalue weighted by molar-refractivity contribution is 0.763. The Labute approximate surface area is 101 Å². The second kappa shape index (κ2) is 6.73. The molecule has 16 heavy (non-hydrogen) atoms. The Kier molecular flexibility index (Phi) is 5.59. The van der Waals surface area contributed by atoms with E-state index in [0.717, 1.165) is 0 Å². The zero-order chi connectivity index (χ0) is 12.0. The van der Waals surface area contributed by atoms with Crippen molar-refractivity contribution in [2.75, 3.05) is 0 Å². The van der Waals surface area contributed by atoms with Gasteiger partial charge in [-0.15, -0.1) is 0 Å². The van der Waals surface area contributed by atoms with Crippen LogP contribution in [0.15, 0.2) is 34.4 Å². The first kappa shape index (κ1) is 13.3. The molecule has 0 amide bonds. The van der Waals surface area contributed by atoms with E-state index in [-0.39, 0.29) is 0 Å². The van der Waals surface area contributed by atoms with Gasteiger partial charge in [0.2, 0.25) is 0 Å². The quantitative estimate of drug-likeness (QED) is 0.566. The van der Waals surface area contributed by atoms with Gasteiger partial charge < -0.3 is 0 Å². The van der Waals surface area contributed by atoms with Crippen LogP contribution in [-0.4, -0.2) is 0 Å². The first-order chi connectivity index (χ1) is 7.67. The summed E-state index contributed by atoms with van der Waals surface area (Å²) < 4.78 is 0. The largest absolute Gasteiger partial charge is 0.0727 e. The molecule has 0 heteroatoms. The Morgan fingerprint density at radius 3 is 2.56 bits per heavy atom. The van der Waals surface area contributed by atoms with E-state index in [1.165, 1.54) is 49.7 Å². The fourth-order valence-electron chi connectivity index (χ4n) is 2.25. The molecule has 0 saturated heterocycles. The molecule has 0 aliphatic heterocycles. The molecule has 0 unspecified atom stereocenters. The third-order valence-corrected chi connectivity index (χ3v) is 3.44. The summed E-state index contributed by atoms with van der Waals surface area (Å²) in [7, 11) is 0. The van der Waals surface area contributed by atoms with Crippen molar-refractivity contribution < 1.29 is 0 Å². The Hall–Kier alpha value is -0.780. The molecule has 0 fully saturated rings. The van der Waals surface area contributed by atoms with Crippen LogP contribution in [0.5, 0.6) is 0 Å². The molecule has 0 N–H and O–H groups in total. The van der Waals surface area contributed by atoms with Crippen molar-refractivity contribution in [3.05, 3.63) is 34.4 Å². The predicted molar refractivity (Wildman–Crippen MR) is 73.6 cm³/mol. The van der Waals surface area contributed by atoms with Gasteiger partial charge in [0, 0.05) is 0 Å². The first-order valence-corrected chi connectivity index (χ1v) is 6.73. The molecule has 0 bridgehead atoms. The van der Waals surface area contributed by atoms with Gasteiger partial charge in [-0.25, -0.2) is 0 Å². The standard InChI is InChI=1S/C16H26/c1-5-7-8-15(6-2)12-16-10-9-13(3)11-14(16)4/h11-12H,5-10H2,1-4H3/b15-12-. The van der Waals surface area contributed by atoms with Crippen molar-refractivity contribution in [2.24, 2.45) is 0 Å². The Morgan fingerprint density at radius 2 is 2.00 bits per heavy atom. The maximum absolute atomic E-state index is 2.47. The van der Waals surface area contributed by atoms with Gasteiger partial charge in [-0.3, -0.25) is 0 Å². The summed E-state index contributed by atoms with van der Waals surface area (Å²) in [5, 5.41) is 0. The van der Waals surface area contributed by atoms with Crippen LogP contribution in [0.1, 0.15) is 66.2 Å². The van der Waals surface area contributed by atoms with Gasteiger partial charge in [-0.1, -0.05) is 43.6 Å². The van der Waals surface area contributed by atoms with Crippen LogP contribution in [-0.2, 0) is 0 Å². The average molecular weight is 218 g/mol. The van der Waals surface area contributed by atoms with E-state index in [1.54, 1.807) is 11.1 Å². The van der Waals surface area contributed by atoms with Crippen LogP contribution >= 0.6 is 0 Å². The first-order valence-electron chi connectivity index (χ1n) is 6.73. The fraction of sp³-hybridized carbons (Fsp3) is 0.625.